The summed E-state index contributed by atoms with van der Waals surface area (Å²) in [6.07, 6.45) is 0. The van der Waals surface area contributed by atoms with E-state index in [2.05, 4.69) is 4.98 Å². The second kappa shape index (κ2) is 3.63. The Morgan fingerprint density at radius 3 is 2.64 bits per heavy atom. The molecule has 2 aromatic rings. The molecule has 2 rings (SSSR count). The lowest BCUT2D eigenvalue weighted by molar-refractivity contribution is 0.104. The second-order valence-electron chi connectivity index (χ2n) is 3.01. The standard InChI is InChI=1S/C10H9NOS2/c1-6-3-4-8(14-6)9(12)10-7(2)11-5-13-10/h3-5H,1-2H3. The molecule has 0 unspecified atom stereocenters. The first-order valence-electron chi connectivity index (χ1n) is 4.19. The van der Waals surface area contributed by atoms with E-state index in [-0.39, 0.29) is 5.78 Å². The zero-order valence-electron chi connectivity index (χ0n) is 7.90. The number of thiazole rings is 1. The molecule has 0 aromatic carbocycles. The third-order valence-electron chi connectivity index (χ3n) is 1.92. The zero-order valence-corrected chi connectivity index (χ0v) is 9.54. The molecule has 0 spiro atoms. The van der Waals surface area contributed by atoms with E-state index >= 15 is 0 Å². The van der Waals surface area contributed by atoms with Gasteiger partial charge in [0, 0.05) is 4.88 Å². The Morgan fingerprint density at radius 2 is 2.14 bits per heavy atom. The van der Waals surface area contributed by atoms with Crippen LogP contribution in [0, 0.1) is 13.8 Å². The predicted octanol–water partition coefficient (Wildman–Crippen LogP) is 3.05. The first kappa shape index (κ1) is 9.55. The van der Waals surface area contributed by atoms with E-state index in [1.54, 1.807) is 5.51 Å². The van der Waals surface area contributed by atoms with Gasteiger partial charge in [-0.1, -0.05) is 0 Å². The summed E-state index contributed by atoms with van der Waals surface area (Å²) in [5.41, 5.74) is 2.54. The number of carbonyl (C=O) groups is 1. The summed E-state index contributed by atoms with van der Waals surface area (Å²) in [5, 5.41) is 0. The molecule has 0 aliphatic rings. The minimum atomic E-state index is 0.100. The number of hydrogen-bond donors (Lipinski definition) is 0. The molecule has 2 nitrogen and oxygen atoms in total. The van der Waals surface area contributed by atoms with Crippen molar-refractivity contribution in [2.24, 2.45) is 0 Å². The van der Waals surface area contributed by atoms with Gasteiger partial charge < -0.3 is 0 Å². The van der Waals surface area contributed by atoms with Crippen molar-refractivity contribution in [3.05, 3.63) is 38.0 Å². The SMILES string of the molecule is Cc1ccc(C(=O)c2scnc2C)s1. The van der Waals surface area contributed by atoms with Gasteiger partial charge in [-0.15, -0.1) is 22.7 Å². The number of aryl methyl sites for hydroxylation is 2. The number of hydrogen-bond acceptors (Lipinski definition) is 4. The molecule has 14 heavy (non-hydrogen) atoms. The third kappa shape index (κ3) is 1.63. The van der Waals surface area contributed by atoms with Crippen molar-refractivity contribution in [3.63, 3.8) is 0 Å². The van der Waals surface area contributed by atoms with Crippen molar-refractivity contribution in [1.29, 1.82) is 0 Å². The fourth-order valence-corrected chi connectivity index (χ4v) is 2.82. The molecule has 0 bridgehead atoms. The molecule has 0 radical (unpaired) electrons. The van der Waals surface area contributed by atoms with Crippen LogP contribution in [-0.2, 0) is 0 Å². The van der Waals surface area contributed by atoms with Gasteiger partial charge in [-0.3, -0.25) is 4.79 Å². The largest absolute Gasteiger partial charge is 0.287 e. The Balaban J connectivity index is 2.38. The van der Waals surface area contributed by atoms with Crippen molar-refractivity contribution in [2.75, 3.05) is 0 Å². The Morgan fingerprint density at radius 1 is 1.36 bits per heavy atom. The van der Waals surface area contributed by atoms with Crippen LogP contribution >= 0.6 is 22.7 Å². The number of rotatable bonds is 2. The lowest BCUT2D eigenvalue weighted by Crippen LogP contribution is -1.97. The van der Waals surface area contributed by atoms with Gasteiger partial charge in [0.15, 0.2) is 0 Å². The van der Waals surface area contributed by atoms with Gasteiger partial charge in [-0.25, -0.2) is 4.98 Å². The lowest BCUT2D eigenvalue weighted by Gasteiger charge is -1.93. The molecular formula is C10H9NOS2. The minimum absolute atomic E-state index is 0.100. The molecule has 0 saturated carbocycles. The van der Waals surface area contributed by atoms with E-state index in [0.717, 1.165) is 20.3 Å². The number of ketones is 1. The minimum Gasteiger partial charge on any atom is -0.287 e. The van der Waals surface area contributed by atoms with Crippen LogP contribution in [0.3, 0.4) is 0 Å². The van der Waals surface area contributed by atoms with Crippen molar-refractivity contribution in [3.8, 4) is 0 Å². The predicted molar refractivity (Wildman–Crippen MR) is 59.3 cm³/mol. The van der Waals surface area contributed by atoms with E-state index in [9.17, 15) is 4.79 Å². The van der Waals surface area contributed by atoms with Crippen molar-refractivity contribution < 1.29 is 4.79 Å². The molecule has 4 heteroatoms. The molecule has 0 atom stereocenters. The Labute approximate surface area is 90.2 Å². The maximum atomic E-state index is 11.9. The number of nitrogens with zero attached hydrogens (tertiary/aromatic N) is 1. The fraction of sp³-hybridized carbons (Fsp3) is 0.200. The lowest BCUT2D eigenvalue weighted by atomic mass is 10.2. The normalized spacial score (nSPS) is 10.4. The molecule has 0 saturated heterocycles. The Bertz CT molecular complexity index is 470. The van der Waals surface area contributed by atoms with Gasteiger partial charge in [0.05, 0.1) is 21.0 Å². The summed E-state index contributed by atoms with van der Waals surface area (Å²) in [5.74, 6) is 0.100. The summed E-state index contributed by atoms with van der Waals surface area (Å²) in [7, 11) is 0. The van der Waals surface area contributed by atoms with Gasteiger partial charge in [0.1, 0.15) is 0 Å². The van der Waals surface area contributed by atoms with Gasteiger partial charge in [-0.2, -0.15) is 0 Å². The highest BCUT2D eigenvalue weighted by atomic mass is 32.1. The third-order valence-corrected chi connectivity index (χ3v) is 3.84. The molecular weight excluding hydrogens is 214 g/mol. The quantitative estimate of drug-likeness (QED) is 0.732. The van der Waals surface area contributed by atoms with Crippen LogP contribution in [-0.4, -0.2) is 10.8 Å². The molecule has 0 N–H and O–H groups in total. The molecule has 0 aliphatic heterocycles. The summed E-state index contributed by atoms with van der Waals surface area (Å²) in [6, 6.07) is 3.84. The van der Waals surface area contributed by atoms with Crippen LogP contribution < -0.4 is 0 Å². The molecule has 0 fully saturated rings. The zero-order chi connectivity index (χ0) is 10.1. The number of aromatic nitrogens is 1. The molecule has 0 amide bonds. The van der Waals surface area contributed by atoms with E-state index in [1.807, 2.05) is 26.0 Å². The Hall–Kier alpha value is -1.00. The second-order valence-corrected chi connectivity index (χ2v) is 5.15. The molecule has 2 aromatic heterocycles. The summed E-state index contributed by atoms with van der Waals surface area (Å²) < 4.78 is 0. The first-order valence-corrected chi connectivity index (χ1v) is 5.89. The average molecular weight is 223 g/mol. The van der Waals surface area contributed by atoms with Crippen LogP contribution in [0.1, 0.15) is 25.1 Å². The van der Waals surface area contributed by atoms with Crippen LogP contribution in [0.2, 0.25) is 0 Å². The van der Waals surface area contributed by atoms with E-state index in [1.165, 1.54) is 22.7 Å². The number of thiophene rings is 1. The van der Waals surface area contributed by atoms with Crippen LogP contribution in [0.25, 0.3) is 0 Å². The van der Waals surface area contributed by atoms with Gasteiger partial charge in [-0.05, 0) is 26.0 Å². The highest BCUT2D eigenvalue weighted by Crippen LogP contribution is 2.22. The van der Waals surface area contributed by atoms with Crippen LogP contribution in [0.15, 0.2) is 17.6 Å². The highest BCUT2D eigenvalue weighted by Gasteiger charge is 2.15. The van der Waals surface area contributed by atoms with Gasteiger partial charge in [0.2, 0.25) is 5.78 Å². The smallest absolute Gasteiger partial charge is 0.214 e. The topological polar surface area (TPSA) is 30.0 Å². The molecule has 2 heterocycles. The van der Waals surface area contributed by atoms with E-state index in [0.29, 0.717) is 0 Å². The number of carbonyl (C=O) groups excluding carboxylic acids is 1. The molecule has 72 valence electrons. The van der Waals surface area contributed by atoms with Gasteiger partial charge in [0.25, 0.3) is 0 Å². The summed E-state index contributed by atoms with van der Waals surface area (Å²) in [6.45, 7) is 3.87. The monoisotopic (exact) mass is 223 g/mol. The Kier molecular flexibility index (Phi) is 2.48. The summed E-state index contributed by atoms with van der Waals surface area (Å²) >= 11 is 2.94. The summed E-state index contributed by atoms with van der Waals surface area (Å²) in [4.78, 5) is 18.7. The average Bonchev–Trinajstić information content (AvgIpc) is 2.73. The maximum Gasteiger partial charge on any atom is 0.214 e. The van der Waals surface area contributed by atoms with Crippen LogP contribution in [0.4, 0.5) is 0 Å². The van der Waals surface area contributed by atoms with Crippen LogP contribution in [0.5, 0.6) is 0 Å². The van der Waals surface area contributed by atoms with Crippen molar-refractivity contribution in [1.82, 2.24) is 4.98 Å². The van der Waals surface area contributed by atoms with Crippen molar-refractivity contribution >= 4 is 28.5 Å². The molecule has 0 aliphatic carbocycles. The highest BCUT2D eigenvalue weighted by molar-refractivity contribution is 7.16. The van der Waals surface area contributed by atoms with E-state index < -0.39 is 0 Å². The fourth-order valence-electron chi connectivity index (χ4n) is 1.19. The van der Waals surface area contributed by atoms with Gasteiger partial charge >= 0.3 is 0 Å². The maximum absolute atomic E-state index is 11.9. The van der Waals surface area contributed by atoms with Crippen molar-refractivity contribution in [2.45, 2.75) is 13.8 Å². The first-order chi connectivity index (χ1) is 6.68. The van der Waals surface area contributed by atoms with E-state index in [4.69, 9.17) is 0 Å².